The lowest BCUT2D eigenvalue weighted by Crippen LogP contribution is -2.50. The van der Waals surface area contributed by atoms with Crippen molar-refractivity contribution in [1.29, 1.82) is 0 Å². The zero-order valence-corrected chi connectivity index (χ0v) is 9.18. The number of nitrogens with zero attached hydrogens (tertiary/aromatic N) is 1. The molecule has 1 saturated heterocycles. The van der Waals surface area contributed by atoms with Gasteiger partial charge in [-0.1, -0.05) is 0 Å². The first-order valence-electron chi connectivity index (χ1n) is 4.66. The molecule has 0 radical (unpaired) electrons. The third-order valence-electron chi connectivity index (χ3n) is 3.89. The van der Waals surface area contributed by atoms with Crippen LogP contribution in [-0.4, -0.2) is 37.1 Å². The molecule has 13 heavy (non-hydrogen) atoms. The maximum absolute atomic E-state index is 11.6. The second-order valence-electron chi connectivity index (χ2n) is 4.55. The van der Waals surface area contributed by atoms with Crippen LogP contribution < -0.4 is 0 Å². The van der Waals surface area contributed by atoms with Crippen molar-refractivity contribution in [3.8, 4) is 0 Å². The first kappa shape index (κ1) is 10.5. The summed E-state index contributed by atoms with van der Waals surface area (Å²) < 4.78 is 4.86. The van der Waals surface area contributed by atoms with Crippen LogP contribution in [0, 0.1) is 5.41 Å². The number of ether oxygens (including phenoxy) is 1. The lowest BCUT2D eigenvalue weighted by molar-refractivity contribution is -0.156. The Hall–Kier alpha value is -0.570. The fourth-order valence-corrected chi connectivity index (χ4v) is 1.98. The Labute approximate surface area is 80.1 Å². The molecule has 3 heteroatoms. The number of hydrogen-bond donors (Lipinski definition) is 0. The first-order chi connectivity index (χ1) is 5.86. The minimum Gasteiger partial charge on any atom is -0.469 e. The molecule has 1 rings (SSSR count). The van der Waals surface area contributed by atoms with Crippen molar-refractivity contribution in [3.05, 3.63) is 0 Å². The monoisotopic (exact) mass is 185 g/mol. The van der Waals surface area contributed by atoms with Gasteiger partial charge >= 0.3 is 5.97 Å². The summed E-state index contributed by atoms with van der Waals surface area (Å²) in [7, 11) is 3.51. The van der Waals surface area contributed by atoms with E-state index in [4.69, 9.17) is 4.74 Å². The molecule has 0 saturated carbocycles. The first-order valence-corrected chi connectivity index (χ1v) is 4.66. The van der Waals surface area contributed by atoms with Gasteiger partial charge in [-0.3, -0.25) is 4.79 Å². The van der Waals surface area contributed by atoms with Gasteiger partial charge in [-0.15, -0.1) is 0 Å². The minimum atomic E-state index is -0.365. The molecule has 1 heterocycles. The third-order valence-corrected chi connectivity index (χ3v) is 3.89. The molecule has 1 aliphatic heterocycles. The summed E-state index contributed by atoms with van der Waals surface area (Å²) in [6.07, 6.45) is 0.878. The van der Waals surface area contributed by atoms with E-state index >= 15 is 0 Å². The molecule has 1 unspecified atom stereocenters. The molecule has 0 aliphatic carbocycles. The van der Waals surface area contributed by atoms with E-state index in [2.05, 4.69) is 18.7 Å². The van der Waals surface area contributed by atoms with Crippen molar-refractivity contribution >= 4 is 5.97 Å². The van der Waals surface area contributed by atoms with E-state index in [-0.39, 0.29) is 16.9 Å². The number of methoxy groups -OCH3 is 1. The number of esters is 1. The van der Waals surface area contributed by atoms with Crippen molar-refractivity contribution < 1.29 is 9.53 Å². The highest BCUT2D eigenvalue weighted by molar-refractivity contribution is 5.78. The fraction of sp³-hybridized carbons (Fsp3) is 0.900. The molecule has 0 amide bonds. The Kier molecular flexibility index (Phi) is 2.41. The van der Waals surface area contributed by atoms with Crippen LogP contribution in [0.5, 0.6) is 0 Å². The van der Waals surface area contributed by atoms with Gasteiger partial charge in [0.25, 0.3) is 0 Å². The maximum atomic E-state index is 11.6. The summed E-state index contributed by atoms with van der Waals surface area (Å²) in [5.74, 6) is -0.0955. The molecule has 1 fully saturated rings. The van der Waals surface area contributed by atoms with Gasteiger partial charge < -0.3 is 9.64 Å². The molecular formula is C10H19NO2. The van der Waals surface area contributed by atoms with Crippen molar-refractivity contribution in [3.63, 3.8) is 0 Å². The van der Waals surface area contributed by atoms with Gasteiger partial charge in [-0.05, 0) is 40.8 Å². The van der Waals surface area contributed by atoms with Crippen LogP contribution in [0.25, 0.3) is 0 Å². The Balaban J connectivity index is 2.98. The molecule has 0 spiro atoms. The average molecular weight is 185 g/mol. The van der Waals surface area contributed by atoms with Gasteiger partial charge in [0, 0.05) is 5.54 Å². The van der Waals surface area contributed by atoms with Gasteiger partial charge in [-0.2, -0.15) is 0 Å². The predicted octanol–water partition coefficient (Wildman–Crippen LogP) is 1.28. The Bertz CT molecular complexity index is 225. The zero-order valence-electron chi connectivity index (χ0n) is 9.18. The summed E-state index contributed by atoms with van der Waals surface area (Å²) in [6, 6.07) is 0. The van der Waals surface area contributed by atoms with Crippen LogP contribution >= 0.6 is 0 Å². The molecule has 3 nitrogen and oxygen atoms in total. The van der Waals surface area contributed by atoms with E-state index in [9.17, 15) is 4.79 Å². The predicted molar refractivity (Wildman–Crippen MR) is 51.4 cm³/mol. The molecule has 1 aliphatic rings. The van der Waals surface area contributed by atoms with Crippen LogP contribution in [0.1, 0.15) is 27.2 Å². The number of rotatable bonds is 1. The van der Waals surface area contributed by atoms with Crippen molar-refractivity contribution in [1.82, 2.24) is 4.90 Å². The largest absolute Gasteiger partial charge is 0.469 e. The number of hydrogen-bond acceptors (Lipinski definition) is 3. The topological polar surface area (TPSA) is 29.5 Å². The van der Waals surface area contributed by atoms with E-state index in [0.29, 0.717) is 0 Å². The molecular weight excluding hydrogens is 166 g/mol. The standard InChI is InChI=1S/C10H19NO2/c1-9(2)10(3,8(12)13-5)6-7-11(9)4/h6-7H2,1-5H3. The van der Waals surface area contributed by atoms with Crippen LogP contribution in [0.15, 0.2) is 0 Å². The van der Waals surface area contributed by atoms with Crippen molar-refractivity contribution in [2.24, 2.45) is 5.41 Å². The van der Waals surface area contributed by atoms with Gasteiger partial charge in [0.2, 0.25) is 0 Å². The van der Waals surface area contributed by atoms with Crippen molar-refractivity contribution in [2.75, 3.05) is 20.7 Å². The number of carbonyl (C=O) groups is 1. The quantitative estimate of drug-likeness (QED) is 0.576. The molecule has 1 atom stereocenters. The Morgan fingerprint density at radius 1 is 1.38 bits per heavy atom. The normalized spacial score (nSPS) is 33.3. The van der Waals surface area contributed by atoms with E-state index in [1.165, 1.54) is 7.11 Å². The number of likely N-dealkylation sites (tertiary alicyclic amines) is 1. The Morgan fingerprint density at radius 3 is 2.23 bits per heavy atom. The molecule has 76 valence electrons. The summed E-state index contributed by atoms with van der Waals surface area (Å²) >= 11 is 0. The van der Waals surface area contributed by atoms with E-state index in [1.54, 1.807) is 0 Å². The summed E-state index contributed by atoms with van der Waals surface area (Å²) in [6.45, 7) is 7.13. The number of carbonyl (C=O) groups excluding carboxylic acids is 1. The second-order valence-corrected chi connectivity index (χ2v) is 4.55. The summed E-state index contributed by atoms with van der Waals surface area (Å²) in [4.78, 5) is 13.9. The molecule has 0 aromatic heterocycles. The van der Waals surface area contributed by atoms with Gasteiger partial charge in [0.15, 0.2) is 0 Å². The van der Waals surface area contributed by atoms with E-state index in [0.717, 1.165) is 13.0 Å². The van der Waals surface area contributed by atoms with Crippen molar-refractivity contribution in [2.45, 2.75) is 32.7 Å². The van der Waals surface area contributed by atoms with Gasteiger partial charge in [0.05, 0.1) is 12.5 Å². The fourth-order valence-electron chi connectivity index (χ4n) is 1.98. The molecule has 0 aromatic rings. The highest BCUT2D eigenvalue weighted by Crippen LogP contribution is 2.44. The van der Waals surface area contributed by atoms with E-state index < -0.39 is 0 Å². The smallest absolute Gasteiger partial charge is 0.313 e. The van der Waals surface area contributed by atoms with Crippen LogP contribution in [0.4, 0.5) is 0 Å². The molecule has 0 bridgehead atoms. The third kappa shape index (κ3) is 1.26. The molecule has 0 N–H and O–H groups in total. The van der Waals surface area contributed by atoms with Gasteiger partial charge in [-0.25, -0.2) is 0 Å². The Morgan fingerprint density at radius 2 is 1.92 bits per heavy atom. The zero-order chi connectivity index (χ0) is 10.3. The van der Waals surface area contributed by atoms with Crippen LogP contribution in [0.2, 0.25) is 0 Å². The minimum absolute atomic E-state index is 0.0955. The molecule has 0 aromatic carbocycles. The van der Waals surface area contributed by atoms with Gasteiger partial charge in [0.1, 0.15) is 0 Å². The highest BCUT2D eigenvalue weighted by atomic mass is 16.5. The lowest BCUT2D eigenvalue weighted by atomic mass is 9.73. The SMILES string of the molecule is COC(=O)C1(C)CCN(C)C1(C)C. The lowest BCUT2D eigenvalue weighted by Gasteiger charge is -2.39. The average Bonchev–Trinajstić information content (AvgIpc) is 2.29. The van der Waals surface area contributed by atoms with Crippen LogP contribution in [-0.2, 0) is 9.53 Å². The second kappa shape index (κ2) is 2.98. The maximum Gasteiger partial charge on any atom is 0.313 e. The highest BCUT2D eigenvalue weighted by Gasteiger charge is 2.54. The van der Waals surface area contributed by atoms with Crippen LogP contribution in [0.3, 0.4) is 0 Å². The summed E-state index contributed by atoms with van der Waals surface area (Å²) in [5, 5.41) is 0. The summed E-state index contributed by atoms with van der Waals surface area (Å²) in [5.41, 5.74) is -0.476. The van der Waals surface area contributed by atoms with E-state index in [1.807, 2.05) is 14.0 Å².